The Labute approximate surface area is 151 Å². The first-order chi connectivity index (χ1) is 12.4. The number of nitrogens with one attached hydrogen (secondary N) is 2. The van der Waals surface area contributed by atoms with Gasteiger partial charge in [-0.25, -0.2) is 12.8 Å². The highest BCUT2D eigenvalue weighted by Crippen LogP contribution is 2.17. The van der Waals surface area contributed by atoms with Crippen LogP contribution in [0.2, 0.25) is 0 Å². The van der Waals surface area contributed by atoms with Crippen LogP contribution in [0.3, 0.4) is 0 Å². The van der Waals surface area contributed by atoms with Crippen molar-refractivity contribution in [2.45, 2.75) is 18.9 Å². The molecule has 0 radical (unpaired) electrons. The summed E-state index contributed by atoms with van der Waals surface area (Å²) in [5.41, 5.74) is 1.86. The first-order valence-corrected chi connectivity index (χ1v) is 10.2. The van der Waals surface area contributed by atoms with Gasteiger partial charge in [0.1, 0.15) is 11.5 Å². The highest BCUT2D eigenvalue weighted by Gasteiger charge is 2.27. The van der Waals surface area contributed by atoms with E-state index in [9.17, 15) is 17.6 Å². The number of aromatic nitrogens is 1. The molecule has 1 amide bonds. The molecule has 0 saturated carbocycles. The van der Waals surface area contributed by atoms with Crippen LogP contribution >= 0.6 is 0 Å². The third-order valence-corrected chi connectivity index (χ3v) is 5.98. The molecule has 1 saturated heterocycles. The van der Waals surface area contributed by atoms with Crippen LogP contribution in [0.25, 0.3) is 0 Å². The van der Waals surface area contributed by atoms with E-state index in [0.717, 1.165) is 5.56 Å². The van der Waals surface area contributed by atoms with Gasteiger partial charge in [0.05, 0.1) is 11.5 Å². The number of carbonyl (C=O) groups excluding carboxylic acids is 1. The second kappa shape index (κ2) is 7.82. The average Bonchev–Trinajstić information content (AvgIpc) is 2.95. The Balaban J connectivity index is 1.53. The molecule has 1 aromatic heterocycles. The van der Waals surface area contributed by atoms with E-state index in [1.165, 1.54) is 18.3 Å². The molecule has 6 nitrogen and oxygen atoms in total. The number of hydrogen-bond acceptors (Lipinski definition) is 5. The third-order valence-electron chi connectivity index (χ3n) is 4.21. The number of halogens is 1. The largest absolute Gasteiger partial charge is 0.381 e. The first kappa shape index (κ1) is 18.3. The lowest BCUT2D eigenvalue weighted by Crippen LogP contribution is -2.27. The maximum absolute atomic E-state index is 12.9. The number of sulfone groups is 1. The Bertz CT molecular complexity index is 885. The zero-order valence-electron chi connectivity index (χ0n) is 14.1. The Kier molecular flexibility index (Phi) is 5.51. The van der Waals surface area contributed by atoms with Crippen LogP contribution in [-0.2, 0) is 16.3 Å². The predicted molar refractivity (Wildman–Crippen MR) is 97.4 cm³/mol. The van der Waals surface area contributed by atoms with Crippen molar-refractivity contribution in [1.29, 1.82) is 0 Å². The lowest BCUT2D eigenvalue weighted by Gasteiger charge is -2.13. The zero-order chi connectivity index (χ0) is 18.6. The van der Waals surface area contributed by atoms with E-state index < -0.39 is 9.84 Å². The second-order valence-electron chi connectivity index (χ2n) is 6.31. The molecule has 1 atom stereocenters. The van der Waals surface area contributed by atoms with Gasteiger partial charge in [-0.05, 0) is 42.7 Å². The number of pyridine rings is 1. The first-order valence-electron chi connectivity index (χ1n) is 8.37. The number of anilines is 1. The normalized spacial score (nSPS) is 18.4. The van der Waals surface area contributed by atoms with Crippen molar-refractivity contribution >= 4 is 21.4 Å². The summed E-state index contributed by atoms with van der Waals surface area (Å²) >= 11 is 0. The van der Waals surface area contributed by atoms with E-state index in [2.05, 4.69) is 15.6 Å². The lowest BCUT2D eigenvalue weighted by atomic mass is 10.1. The fourth-order valence-electron chi connectivity index (χ4n) is 2.85. The molecule has 1 fully saturated rings. The Morgan fingerprint density at radius 2 is 2.00 bits per heavy atom. The van der Waals surface area contributed by atoms with Gasteiger partial charge >= 0.3 is 0 Å². The molecule has 1 aliphatic heterocycles. The molecule has 0 spiro atoms. The summed E-state index contributed by atoms with van der Waals surface area (Å²) in [7, 11) is -2.96. The number of hydrogen-bond donors (Lipinski definition) is 2. The van der Waals surface area contributed by atoms with Crippen molar-refractivity contribution in [3.63, 3.8) is 0 Å². The van der Waals surface area contributed by atoms with E-state index in [-0.39, 0.29) is 35.0 Å². The van der Waals surface area contributed by atoms with Gasteiger partial charge in [-0.15, -0.1) is 0 Å². The SMILES string of the molecule is O=C(NCCc1ccc(F)cc1)c1cc(NC2CCS(=O)(=O)C2)ccn1. The number of amides is 1. The van der Waals surface area contributed by atoms with Gasteiger partial charge in [0.2, 0.25) is 0 Å². The second-order valence-corrected chi connectivity index (χ2v) is 8.54. The molecule has 2 N–H and O–H groups in total. The molecule has 2 heterocycles. The minimum atomic E-state index is -2.96. The number of rotatable bonds is 6. The summed E-state index contributed by atoms with van der Waals surface area (Å²) in [6, 6.07) is 9.31. The summed E-state index contributed by atoms with van der Waals surface area (Å²) in [4.78, 5) is 16.3. The van der Waals surface area contributed by atoms with Crippen molar-refractivity contribution < 1.29 is 17.6 Å². The van der Waals surface area contributed by atoms with E-state index in [0.29, 0.717) is 25.1 Å². The summed E-state index contributed by atoms with van der Waals surface area (Å²) in [6.45, 7) is 0.407. The van der Waals surface area contributed by atoms with Crippen LogP contribution in [0.4, 0.5) is 10.1 Å². The van der Waals surface area contributed by atoms with Gasteiger partial charge in [-0.1, -0.05) is 12.1 Å². The fourth-order valence-corrected chi connectivity index (χ4v) is 4.52. The molecule has 1 aromatic carbocycles. The molecule has 26 heavy (non-hydrogen) atoms. The molecule has 0 aliphatic carbocycles. The van der Waals surface area contributed by atoms with Gasteiger partial charge < -0.3 is 10.6 Å². The van der Waals surface area contributed by atoms with Crippen molar-refractivity contribution in [2.75, 3.05) is 23.4 Å². The minimum Gasteiger partial charge on any atom is -0.381 e. The van der Waals surface area contributed by atoms with Crippen LogP contribution in [0.1, 0.15) is 22.5 Å². The Morgan fingerprint density at radius 1 is 1.23 bits per heavy atom. The van der Waals surface area contributed by atoms with Crippen LogP contribution in [0.5, 0.6) is 0 Å². The third kappa shape index (κ3) is 5.01. The fraction of sp³-hybridized carbons (Fsp3) is 0.333. The zero-order valence-corrected chi connectivity index (χ0v) is 14.9. The van der Waals surface area contributed by atoms with Gasteiger partial charge in [-0.2, -0.15) is 0 Å². The molecular weight excluding hydrogens is 357 g/mol. The highest BCUT2D eigenvalue weighted by atomic mass is 32.2. The quantitative estimate of drug-likeness (QED) is 0.801. The smallest absolute Gasteiger partial charge is 0.269 e. The number of nitrogens with zero attached hydrogens (tertiary/aromatic N) is 1. The number of benzene rings is 1. The van der Waals surface area contributed by atoms with Gasteiger partial charge in [0, 0.05) is 24.5 Å². The molecule has 2 aromatic rings. The summed E-state index contributed by atoms with van der Waals surface area (Å²) in [5.74, 6) is -0.308. The highest BCUT2D eigenvalue weighted by molar-refractivity contribution is 7.91. The topological polar surface area (TPSA) is 88.2 Å². The maximum atomic E-state index is 12.9. The van der Waals surface area contributed by atoms with Crippen LogP contribution in [0, 0.1) is 5.82 Å². The molecule has 1 unspecified atom stereocenters. The van der Waals surface area contributed by atoms with Crippen molar-refractivity contribution in [2.24, 2.45) is 0 Å². The average molecular weight is 377 g/mol. The van der Waals surface area contributed by atoms with Gasteiger partial charge in [0.15, 0.2) is 9.84 Å². The van der Waals surface area contributed by atoms with Gasteiger partial charge in [-0.3, -0.25) is 9.78 Å². The molecule has 1 aliphatic rings. The van der Waals surface area contributed by atoms with Crippen LogP contribution < -0.4 is 10.6 Å². The van der Waals surface area contributed by atoms with Gasteiger partial charge in [0.25, 0.3) is 5.91 Å². The van der Waals surface area contributed by atoms with E-state index in [1.54, 1.807) is 24.3 Å². The molecule has 3 rings (SSSR count). The maximum Gasteiger partial charge on any atom is 0.269 e. The molecule has 0 bridgehead atoms. The van der Waals surface area contributed by atoms with Crippen LogP contribution in [-0.4, -0.2) is 43.4 Å². The lowest BCUT2D eigenvalue weighted by molar-refractivity contribution is 0.0949. The summed E-state index contributed by atoms with van der Waals surface area (Å²) in [6.07, 6.45) is 2.66. The molecule has 138 valence electrons. The van der Waals surface area contributed by atoms with E-state index in [1.807, 2.05) is 0 Å². The monoisotopic (exact) mass is 377 g/mol. The summed E-state index contributed by atoms with van der Waals surface area (Å²) < 4.78 is 35.9. The standard InChI is InChI=1S/C18H20FN3O3S/c19-14-3-1-13(2-4-14)5-8-21-18(23)17-11-15(6-9-20-17)22-16-7-10-26(24,25)12-16/h1-4,6,9,11,16H,5,7-8,10,12H2,(H,20,22)(H,21,23). The van der Waals surface area contributed by atoms with E-state index >= 15 is 0 Å². The number of carbonyl (C=O) groups is 1. The minimum absolute atomic E-state index is 0.106. The van der Waals surface area contributed by atoms with Crippen molar-refractivity contribution in [3.8, 4) is 0 Å². The predicted octanol–water partition coefficient (Wildman–Crippen LogP) is 1.79. The van der Waals surface area contributed by atoms with Crippen molar-refractivity contribution in [3.05, 3.63) is 59.7 Å². The van der Waals surface area contributed by atoms with E-state index in [4.69, 9.17) is 0 Å². The molecule has 8 heteroatoms. The van der Waals surface area contributed by atoms with Crippen LogP contribution in [0.15, 0.2) is 42.6 Å². The molecular formula is C18H20FN3O3S. The Morgan fingerprint density at radius 3 is 2.69 bits per heavy atom. The Hall–Kier alpha value is -2.48. The van der Waals surface area contributed by atoms with Crippen molar-refractivity contribution in [1.82, 2.24) is 10.3 Å². The summed E-state index contributed by atoms with van der Waals surface area (Å²) in [5, 5.41) is 5.92.